The molecule has 5 heterocycles. The Hall–Kier alpha value is -2.76. The van der Waals surface area contributed by atoms with Gasteiger partial charge in [0, 0.05) is 24.2 Å². The molecule has 0 aromatic carbocycles. The lowest BCUT2D eigenvalue weighted by molar-refractivity contribution is -0.651. The molecule has 4 aromatic heterocycles. The van der Waals surface area contributed by atoms with E-state index in [0.29, 0.717) is 0 Å². The highest BCUT2D eigenvalue weighted by Gasteiger charge is 2.34. The van der Waals surface area contributed by atoms with E-state index in [-0.39, 0.29) is 0 Å². The van der Waals surface area contributed by atoms with E-state index in [4.69, 9.17) is 4.42 Å². The average Bonchev–Trinajstić information content (AvgIpc) is 3.07. The third-order valence-corrected chi connectivity index (χ3v) is 3.49. The van der Waals surface area contributed by atoms with Gasteiger partial charge < -0.3 is 4.42 Å². The Morgan fingerprint density at radius 1 is 1.32 bits per heavy atom. The van der Waals surface area contributed by atoms with Gasteiger partial charge in [0.2, 0.25) is 0 Å². The number of hydrogen-bond acceptors (Lipinski definition) is 4. The van der Waals surface area contributed by atoms with Crippen molar-refractivity contribution in [1.82, 2.24) is 19.4 Å². The molecule has 90 valence electrons. The molecular formula is C13H8N5O+. The normalized spacial score (nSPS) is 13.1. The molecule has 0 fully saturated rings. The molecule has 0 bridgehead atoms. The SMILES string of the molecule is c1cnc2c(c1)C[n+]1c-2oc2c1nc1cnccn12. The molecule has 0 saturated carbocycles. The molecule has 0 N–H and O–H groups in total. The van der Waals surface area contributed by atoms with Crippen molar-refractivity contribution < 1.29 is 8.98 Å². The summed E-state index contributed by atoms with van der Waals surface area (Å²) in [6.07, 6.45) is 7.08. The lowest BCUT2D eigenvalue weighted by Gasteiger charge is -1.91. The van der Waals surface area contributed by atoms with Crippen LogP contribution in [0.3, 0.4) is 0 Å². The highest BCUT2D eigenvalue weighted by atomic mass is 16.4. The summed E-state index contributed by atoms with van der Waals surface area (Å²) in [5, 5.41) is 0. The minimum Gasteiger partial charge on any atom is -0.395 e. The van der Waals surface area contributed by atoms with Crippen LogP contribution in [0.4, 0.5) is 0 Å². The minimum absolute atomic E-state index is 0.740. The number of nitrogens with zero attached hydrogens (tertiary/aromatic N) is 5. The van der Waals surface area contributed by atoms with Crippen LogP contribution in [-0.4, -0.2) is 19.4 Å². The van der Waals surface area contributed by atoms with E-state index in [1.165, 1.54) is 5.56 Å². The van der Waals surface area contributed by atoms with Crippen LogP contribution in [0.5, 0.6) is 0 Å². The summed E-state index contributed by atoms with van der Waals surface area (Å²) in [6, 6.07) is 4.00. The summed E-state index contributed by atoms with van der Waals surface area (Å²) < 4.78 is 9.92. The van der Waals surface area contributed by atoms with Crippen molar-refractivity contribution >= 4 is 17.0 Å². The molecular weight excluding hydrogens is 242 g/mol. The molecule has 1 aliphatic rings. The first kappa shape index (κ1) is 9.21. The smallest absolute Gasteiger partial charge is 0.390 e. The molecule has 6 heteroatoms. The van der Waals surface area contributed by atoms with Crippen molar-refractivity contribution in [2.45, 2.75) is 6.54 Å². The molecule has 0 unspecified atom stereocenters. The van der Waals surface area contributed by atoms with E-state index in [0.717, 1.165) is 35.1 Å². The van der Waals surface area contributed by atoms with Crippen LogP contribution in [0, 0.1) is 0 Å². The second-order valence-electron chi connectivity index (χ2n) is 4.55. The van der Waals surface area contributed by atoms with Crippen LogP contribution in [0.15, 0.2) is 41.3 Å². The Morgan fingerprint density at radius 3 is 3.32 bits per heavy atom. The Balaban J connectivity index is 1.93. The van der Waals surface area contributed by atoms with Gasteiger partial charge in [-0.15, -0.1) is 0 Å². The summed E-state index contributed by atoms with van der Waals surface area (Å²) in [5.74, 6) is 0.777. The molecule has 6 nitrogen and oxygen atoms in total. The van der Waals surface area contributed by atoms with Gasteiger partial charge in [-0.05, 0) is 11.1 Å². The van der Waals surface area contributed by atoms with Crippen LogP contribution in [0.25, 0.3) is 28.6 Å². The largest absolute Gasteiger partial charge is 0.395 e. The molecule has 19 heavy (non-hydrogen) atoms. The summed E-state index contributed by atoms with van der Waals surface area (Å²) in [7, 11) is 0. The first-order valence-electron chi connectivity index (χ1n) is 6.00. The lowest BCUT2D eigenvalue weighted by atomic mass is 10.2. The highest BCUT2D eigenvalue weighted by molar-refractivity contribution is 5.71. The second kappa shape index (κ2) is 2.97. The predicted octanol–water partition coefficient (Wildman–Crippen LogP) is 1.19. The molecule has 0 aliphatic carbocycles. The topological polar surface area (TPSA) is 60.1 Å². The van der Waals surface area contributed by atoms with Gasteiger partial charge in [0.05, 0.1) is 6.20 Å². The fourth-order valence-corrected chi connectivity index (χ4v) is 2.64. The van der Waals surface area contributed by atoms with E-state index < -0.39 is 0 Å². The number of aromatic nitrogens is 5. The minimum atomic E-state index is 0.740. The first-order valence-corrected chi connectivity index (χ1v) is 6.00. The van der Waals surface area contributed by atoms with Crippen molar-refractivity contribution in [1.29, 1.82) is 0 Å². The van der Waals surface area contributed by atoms with Gasteiger partial charge in [0.25, 0.3) is 5.65 Å². The fraction of sp³-hybridized carbons (Fsp3) is 0.0769. The summed E-state index contributed by atoms with van der Waals surface area (Å²) in [4.78, 5) is 13.0. The van der Waals surface area contributed by atoms with Gasteiger partial charge in [-0.25, -0.2) is 9.38 Å². The van der Waals surface area contributed by atoms with Crippen LogP contribution in [0.2, 0.25) is 0 Å². The predicted molar refractivity (Wildman–Crippen MR) is 65.3 cm³/mol. The van der Waals surface area contributed by atoms with Crippen molar-refractivity contribution in [3.8, 4) is 11.6 Å². The number of pyridine rings is 1. The van der Waals surface area contributed by atoms with Gasteiger partial charge in [-0.1, -0.05) is 6.07 Å². The first-order chi connectivity index (χ1) is 9.42. The molecule has 0 atom stereocenters. The molecule has 1 aliphatic heterocycles. The zero-order chi connectivity index (χ0) is 12.4. The number of rotatable bonds is 0. The second-order valence-corrected chi connectivity index (χ2v) is 4.55. The van der Waals surface area contributed by atoms with Crippen molar-refractivity contribution in [2.75, 3.05) is 0 Å². The fourth-order valence-electron chi connectivity index (χ4n) is 2.64. The maximum atomic E-state index is 5.96. The zero-order valence-corrected chi connectivity index (χ0v) is 9.82. The lowest BCUT2D eigenvalue weighted by Crippen LogP contribution is -2.30. The molecule has 5 rings (SSSR count). The van der Waals surface area contributed by atoms with Crippen molar-refractivity contribution in [3.05, 3.63) is 42.5 Å². The van der Waals surface area contributed by atoms with E-state index in [1.54, 1.807) is 18.6 Å². The standard InChI is InChI=1S/C13H8N5O/c1-2-8-7-18-11-13(19-12(18)10(8)15-3-1)17-5-4-14-6-9(17)16-11/h1-6H,7H2/q+1. The number of imidazole rings is 1. The Morgan fingerprint density at radius 2 is 2.32 bits per heavy atom. The van der Waals surface area contributed by atoms with Gasteiger partial charge in [0.1, 0.15) is 6.54 Å². The van der Waals surface area contributed by atoms with E-state index in [9.17, 15) is 0 Å². The van der Waals surface area contributed by atoms with Gasteiger partial charge >= 0.3 is 17.3 Å². The third-order valence-electron chi connectivity index (χ3n) is 3.49. The highest BCUT2D eigenvalue weighted by Crippen LogP contribution is 2.29. The Kier molecular flexibility index (Phi) is 1.44. The molecule has 0 spiro atoms. The Labute approximate surface area is 107 Å². The monoisotopic (exact) mass is 250 g/mol. The summed E-state index contributed by atoms with van der Waals surface area (Å²) >= 11 is 0. The van der Waals surface area contributed by atoms with Gasteiger partial charge in [-0.2, -0.15) is 4.57 Å². The van der Waals surface area contributed by atoms with E-state index in [1.807, 2.05) is 16.7 Å². The summed E-state index contributed by atoms with van der Waals surface area (Å²) in [5.41, 5.74) is 4.43. The quantitative estimate of drug-likeness (QED) is 0.387. The maximum absolute atomic E-state index is 5.96. The molecule has 0 saturated heterocycles. The molecule has 0 amide bonds. The molecule has 0 radical (unpaired) electrons. The van der Waals surface area contributed by atoms with Crippen LogP contribution in [-0.2, 0) is 6.54 Å². The number of oxazole rings is 1. The summed E-state index contributed by atoms with van der Waals surface area (Å²) in [6.45, 7) is 0.753. The van der Waals surface area contributed by atoms with Crippen molar-refractivity contribution in [3.63, 3.8) is 0 Å². The zero-order valence-electron chi connectivity index (χ0n) is 9.82. The Bertz CT molecular complexity index is 952. The van der Waals surface area contributed by atoms with E-state index >= 15 is 0 Å². The van der Waals surface area contributed by atoms with Crippen LogP contribution < -0.4 is 4.57 Å². The van der Waals surface area contributed by atoms with Gasteiger partial charge in [-0.3, -0.25) is 4.98 Å². The van der Waals surface area contributed by atoms with Crippen LogP contribution in [0.1, 0.15) is 5.56 Å². The molecule has 4 aromatic rings. The average molecular weight is 250 g/mol. The van der Waals surface area contributed by atoms with Crippen LogP contribution >= 0.6 is 0 Å². The maximum Gasteiger partial charge on any atom is 0.390 e. The third kappa shape index (κ3) is 1.02. The van der Waals surface area contributed by atoms with Crippen molar-refractivity contribution in [2.24, 2.45) is 0 Å². The number of fused-ring (bicyclic) bond motifs is 7. The van der Waals surface area contributed by atoms with E-state index in [2.05, 4.69) is 25.6 Å². The van der Waals surface area contributed by atoms with Gasteiger partial charge in [0.15, 0.2) is 5.69 Å². The number of hydrogen-bond donors (Lipinski definition) is 0.